The Bertz CT molecular complexity index is 1150. The number of hydrogen-bond acceptors (Lipinski definition) is 5. The summed E-state index contributed by atoms with van der Waals surface area (Å²) < 4.78 is 40.2. The van der Waals surface area contributed by atoms with Crippen molar-refractivity contribution >= 4 is 15.7 Å². The lowest BCUT2D eigenvalue weighted by atomic mass is 10.1. The van der Waals surface area contributed by atoms with Gasteiger partial charge in [-0.2, -0.15) is 4.31 Å². The quantitative estimate of drug-likeness (QED) is 0.574. The molecule has 3 aromatic carbocycles. The third kappa shape index (κ3) is 4.24. The smallest absolute Gasteiger partial charge is 0.247 e. The maximum absolute atomic E-state index is 13.6. The van der Waals surface area contributed by atoms with Gasteiger partial charge in [-0.15, -0.1) is 0 Å². The minimum Gasteiger partial charge on any atom is -0.490 e. The largest absolute Gasteiger partial charge is 0.490 e. The molecule has 0 saturated heterocycles. The second-order valence-corrected chi connectivity index (χ2v) is 9.01. The van der Waals surface area contributed by atoms with Gasteiger partial charge in [0, 0.05) is 6.54 Å². The van der Waals surface area contributed by atoms with Gasteiger partial charge >= 0.3 is 0 Å². The fourth-order valence-electron chi connectivity index (χ4n) is 3.72. The first-order chi connectivity index (χ1) is 15.0. The van der Waals surface area contributed by atoms with Crippen LogP contribution in [0.15, 0.2) is 77.7 Å². The molecule has 0 saturated carbocycles. The zero-order valence-corrected chi connectivity index (χ0v) is 18.4. The second-order valence-electron chi connectivity index (χ2n) is 7.15. The number of fused-ring (bicyclic) bond motifs is 1. The van der Waals surface area contributed by atoms with Crippen LogP contribution in [-0.2, 0) is 16.6 Å². The number of ether oxygens (including phenoxy) is 2. The van der Waals surface area contributed by atoms with E-state index in [9.17, 15) is 8.42 Å². The van der Waals surface area contributed by atoms with Gasteiger partial charge in [0.1, 0.15) is 11.1 Å². The number of hydrogen-bond donors (Lipinski definition) is 1. The molecule has 1 aliphatic rings. The lowest BCUT2D eigenvalue weighted by Crippen LogP contribution is -2.42. The molecule has 6 nitrogen and oxygen atoms in total. The third-order valence-corrected chi connectivity index (χ3v) is 6.99. The fraction of sp³-hybridized carbons (Fsp3) is 0.250. The van der Waals surface area contributed by atoms with Gasteiger partial charge in [-0.25, -0.2) is 8.42 Å². The predicted molar refractivity (Wildman–Crippen MR) is 121 cm³/mol. The molecule has 0 spiro atoms. The molecule has 1 atom stereocenters. The van der Waals surface area contributed by atoms with Crippen LogP contribution in [0.1, 0.15) is 31.1 Å². The molecule has 0 bridgehead atoms. The molecule has 162 valence electrons. The van der Waals surface area contributed by atoms with Gasteiger partial charge in [0.15, 0.2) is 11.5 Å². The van der Waals surface area contributed by atoms with Crippen molar-refractivity contribution in [3.05, 3.63) is 83.9 Å². The van der Waals surface area contributed by atoms with E-state index in [0.29, 0.717) is 30.4 Å². The Hall–Kier alpha value is -3.03. The summed E-state index contributed by atoms with van der Waals surface area (Å²) >= 11 is 0. The van der Waals surface area contributed by atoms with Crippen molar-refractivity contribution in [3.8, 4) is 11.5 Å². The Morgan fingerprint density at radius 1 is 0.871 bits per heavy atom. The number of para-hydroxylation sites is 1. The standard InChI is InChI=1S/C24H26N2O4S/c1-3-29-21-15-14-19(16-22(21)30-4-2)24-25-20-12-8-9-13-23(20)31(27,28)26(24)17-18-10-6-5-7-11-18/h5-16,24-25H,3-4,17H2,1-2H3/t24-/m1/s1. The summed E-state index contributed by atoms with van der Waals surface area (Å²) in [6.07, 6.45) is -0.588. The van der Waals surface area contributed by atoms with Crippen LogP contribution >= 0.6 is 0 Å². The average Bonchev–Trinajstić information content (AvgIpc) is 2.78. The molecule has 1 aliphatic heterocycles. The van der Waals surface area contributed by atoms with E-state index in [4.69, 9.17) is 9.47 Å². The molecule has 0 amide bonds. The summed E-state index contributed by atoms with van der Waals surface area (Å²) in [6, 6.07) is 22.2. The minimum atomic E-state index is -3.73. The Kier molecular flexibility index (Phi) is 6.15. The van der Waals surface area contributed by atoms with E-state index in [1.165, 1.54) is 4.31 Å². The maximum Gasteiger partial charge on any atom is 0.247 e. The molecule has 1 N–H and O–H groups in total. The molecular formula is C24H26N2O4S. The van der Waals surface area contributed by atoms with Crippen molar-refractivity contribution in [2.24, 2.45) is 0 Å². The van der Waals surface area contributed by atoms with E-state index >= 15 is 0 Å². The predicted octanol–water partition coefficient (Wildman–Crippen LogP) is 4.80. The molecule has 3 aromatic rings. The van der Waals surface area contributed by atoms with Crippen LogP contribution in [0.25, 0.3) is 0 Å². The SMILES string of the molecule is CCOc1ccc([C@@H]2Nc3ccccc3S(=O)(=O)N2Cc2ccccc2)cc1OCC. The number of nitrogens with one attached hydrogen (secondary N) is 1. The first-order valence-corrected chi connectivity index (χ1v) is 11.8. The van der Waals surface area contributed by atoms with Crippen molar-refractivity contribution in [3.63, 3.8) is 0 Å². The minimum absolute atomic E-state index is 0.242. The Morgan fingerprint density at radius 3 is 2.29 bits per heavy atom. The summed E-state index contributed by atoms with van der Waals surface area (Å²) in [6.45, 7) is 5.06. The van der Waals surface area contributed by atoms with Gasteiger partial charge in [0.05, 0.1) is 18.9 Å². The van der Waals surface area contributed by atoms with Crippen LogP contribution in [0.3, 0.4) is 0 Å². The van der Waals surface area contributed by atoms with Gasteiger partial charge in [0.25, 0.3) is 0 Å². The number of anilines is 1. The van der Waals surface area contributed by atoms with E-state index in [1.807, 2.05) is 68.4 Å². The maximum atomic E-state index is 13.6. The number of nitrogens with zero attached hydrogens (tertiary/aromatic N) is 1. The van der Waals surface area contributed by atoms with Crippen LogP contribution in [0.4, 0.5) is 5.69 Å². The van der Waals surface area contributed by atoms with Crippen LogP contribution in [0.2, 0.25) is 0 Å². The van der Waals surface area contributed by atoms with Crippen LogP contribution in [-0.4, -0.2) is 25.9 Å². The lowest BCUT2D eigenvalue weighted by molar-refractivity contribution is 0.285. The van der Waals surface area contributed by atoms with Crippen molar-refractivity contribution in [1.82, 2.24) is 4.31 Å². The van der Waals surface area contributed by atoms with Crippen molar-refractivity contribution in [1.29, 1.82) is 0 Å². The highest BCUT2D eigenvalue weighted by Crippen LogP contribution is 2.41. The highest BCUT2D eigenvalue weighted by atomic mass is 32.2. The number of sulfonamides is 1. The highest BCUT2D eigenvalue weighted by molar-refractivity contribution is 7.89. The molecule has 7 heteroatoms. The monoisotopic (exact) mass is 438 g/mol. The molecule has 4 rings (SSSR count). The number of benzene rings is 3. The molecular weight excluding hydrogens is 412 g/mol. The zero-order valence-electron chi connectivity index (χ0n) is 17.6. The van der Waals surface area contributed by atoms with E-state index in [2.05, 4.69) is 5.32 Å². The lowest BCUT2D eigenvalue weighted by Gasteiger charge is -2.37. The Morgan fingerprint density at radius 2 is 1.55 bits per heavy atom. The summed E-state index contributed by atoms with van der Waals surface area (Å²) in [7, 11) is -3.73. The summed E-state index contributed by atoms with van der Waals surface area (Å²) in [5.41, 5.74) is 2.28. The van der Waals surface area contributed by atoms with Gasteiger partial charge in [-0.1, -0.05) is 48.5 Å². The van der Waals surface area contributed by atoms with E-state index in [-0.39, 0.29) is 11.4 Å². The Balaban J connectivity index is 1.81. The topological polar surface area (TPSA) is 67.9 Å². The average molecular weight is 439 g/mol. The normalized spacial score (nSPS) is 17.4. The van der Waals surface area contributed by atoms with Gasteiger partial charge in [-0.05, 0) is 49.2 Å². The van der Waals surface area contributed by atoms with Crippen molar-refractivity contribution in [2.45, 2.75) is 31.5 Å². The number of rotatable bonds is 7. The molecule has 0 aromatic heterocycles. The van der Waals surface area contributed by atoms with Crippen LogP contribution in [0, 0.1) is 0 Å². The van der Waals surface area contributed by atoms with Gasteiger partial charge in [0.2, 0.25) is 10.0 Å². The van der Waals surface area contributed by atoms with E-state index in [0.717, 1.165) is 11.1 Å². The fourth-order valence-corrected chi connectivity index (χ4v) is 5.40. The van der Waals surface area contributed by atoms with Gasteiger partial charge < -0.3 is 14.8 Å². The zero-order chi connectivity index (χ0) is 21.8. The first-order valence-electron chi connectivity index (χ1n) is 10.4. The molecule has 0 fully saturated rings. The molecule has 31 heavy (non-hydrogen) atoms. The highest BCUT2D eigenvalue weighted by Gasteiger charge is 2.39. The molecule has 0 unspecified atom stereocenters. The van der Waals surface area contributed by atoms with E-state index in [1.54, 1.807) is 18.2 Å². The van der Waals surface area contributed by atoms with E-state index < -0.39 is 16.2 Å². The summed E-state index contributed by atoms with van der Waals surface area (Å²) in [5, 5.41) is 3.41. The first kappa shape index (κ1) is 21.2. The summed E-state index contributed by atoms with van der Waals surface area (Å²) in [4.78, 5) is 0.276. The van der Waals surface area contributed by atoms with Crippen LogP contribution in [0.5, 0.6) is 11.5 Å². The molecule has 0 aliphatic carbocycles. The second kappa shape index (κ2) is 8.99. The van der Waals surface area contributed by atoms with Crippen molar-refractivity contribution < 1.29 is 17.9 Å². The van der Waals surface area contributed by atoms with Crippen molar-refractivity contribution in [2.75, 3.05) is 18.5 Å². The molecule has 0 radical (unpaired) electrons. The Labute approximate surface area is 183 Å². The third-order valence-electron chi connectivity index (χ3n) is 5.12. The van der Waals surface area contributed by atoms with Gasteiger partial charge in [-0.3, -0.25) is 0 Å². The summed E-state index contributed by atoms with van der Waals surface area (Å²) in [5.74, 6) is 1.24. The van der Waals surface area contributed by atoms with Crippen LogP contribution < -0.4 is 14.8 Å². The molecule has 1 heterocycles.